The summed E-state index contributed by atoms with van der Waals surface area (Å²) in [5.74, 6) is 1.57. The molecule has 11 heteroatoms. The Bertz CT molecular complexity index is 1410. The van der Waals surface area contributed by atoms with Crippen LogP contribution < -0.4 is 30.3 Å². The zero-order chi connectivity index (χ0) is 28.2. The minimum atomic E-state index is -0.453. The highest BCUT2D eigenvalue weighted by Gasteiger charge is 2.33. The smallest absolute Gasteiger partial charge is 0.415 e. The third-order valence-electron chi connectivity index (χ3n) is 7.50. The highest BCUT2D eigenvalue weighted by molar-refractivity contribution is 5.95. The molecule has 3 aliphatic rings. The van der Waals surface area contributed by atoms with Crippen LogP contribution in [0, 0.1) is 0 Å². The zero-order valence-electron chi connectivity index (χ0n) is 23.0. The van der Waals surface area contributed by atoms with Crippen LogP contribution in [-0.2, 0) is 16.1 Å². The summed E-state index contributed by atoms with van der Waals surface area (Å²) in [4.78, 5) is 34.7. The van der Waals surface area contributed by atoms with Gasteiger partial charge in [0.2, 0.25) is 5.88 Å². The lowest BCUT2D eigenvalue weighted by atomic mass is 10.1. The van der Waals surface area contributed by atoms with Crippen molar-refractivity contribution in [3.05, 3.63) is 60.2 Å². The molecular formula is C30H34N6O5. The number of nitrogens with one attached hydrogen (secondary N) is 3. The summed E-state index contributed by atoms with van der Waals surface area (Å²) >= 11 is 0. The number of rotatable bonds is 10. The van der Waals surface area contributed by atoms with Gasteiger partial charge in [-0.15, -0.1) is 0 Å². The zero-order valence-corrected chi connectivity index (χ0v) is 23.0. The number of ether oxygens (including phenoxy) is 3. The van der Waals surface area contributed by atoms with Gasteiger partial charge in [-0.3, -0.25) is 9.69 Å². The fourth-order valence-corrected chi connectivity index (χ4v) is 5.33. The lowest BCUT2D eigenvalue weighted by Gasteiger charge is -2.20. The molecule has 2 amide bonds. The first-order valence-corrected chi connectivity index (χ1v) is 14.1. The summed E-state index contributed by atoms with van der Waals surface area (Å²) in [5.41, 5.74) is 3.03. The Labute approximate surface area is 238 Å². The van der Waals surface area contributed by atoms with Gasteiger partial charge in [-0.1, -0.05) is 24.3 Å². The van der Waals surface area contributed by atoms with Gasteiger partial charge < -0.3 is 30.2 Å². The van der Waals surface area contributed by atoms with Crippen LogP contribution in [0.15, 0.2) is 54.6 Å². The van der Waals surface area contributed by atoms with Crippen LogP contribution in [0.5, 0.6) is 11.6 Å². The first-order chi connectivity index (χ1) is 20.0. The van der Waals surface area contributed by atoms with Crippen molar-refractivity contribution in [2.75, 3.05) is 36.5 Å². The van der Waals surface area contributed by atoms with Crippen LogP contribution >= 0.6 is 0 Å². The molecule has 0 spiro atoms. The van der Waals surface area contributed by atoms with Crippen molar-refractivity contribution in [3.63, 3.8) is 0 Å². The summed E-state index contributed by atoms with van der Waals surface area (Å²) < 4.78 is 17.0. The Hall–Kier alpha value is -4.22. The number of aromatic nitrogens is 2. The molecule has 2 saturated heterocycles. The third kappa shape index (κ3) is 6.41. The lowest BCUT2D eigenvalue weighted by Crippen LogP contribution is -2.36. The highest BCUT2D eigenvalue weighted by atomic mass is 16.6. The standard InChI is InChI=1S/C30H34N6O5/c1-19(23-8-4-13-32-23)40-28-9-3-7-24(33-28)21-6-2-5-20(15-21)16-31-14-12-22-17-36(30(38)41-22)26-11-10-25-29(34-26)35-27(37)18-39-25/h2-3,5-7,9-11,15,19,22-23,31-32H,4,8,12-14,16-18H2,1H3,(H,34,35,37)/t19-,22?,23?/m1/s1. The van der Waals surface area contributed by atoms with Crippen LogP contribution in [0.2, 0.25) is 0 Å². The van der Waals surface area contributed by atoms with Gasteiger partial charge in [-0.2, -0.15) is 0 Å². The van der Waals surface area contributed by atoms with Gasteiger partial charge in [0.25, 0.3) is 5.91 Å². The van der Waals surface area contributed by atoms with Gasteiger partial charge in [0.05, 0.1) is 12.2 Å². The predicted octanol–water partition coefficient (Wildman–Crippen LogP) is 3.50. The largest absolute Gasteiger partial charge is 0.480 e. The van der Waals surface area contributed by atoms with Crippen molar-refractivity contribution < 1.29 is 23.8 Å². The fourth-order valence-electron chi connectivity index (χ4n) is 5.33. The SMILES string of the molecule is C[C@@H](Oc1cccc(-c2cccc(CNCCC3CN(c4ccc5c(n4)NC(=O)CO5)C(=O)O3)c2)n1)C1CCCN1. The number of carbonyl (C=O) groups excluding carboxylic acids is 2. The van der Waals surface area contributed by atoms with Crippen LogP contribution in [0.3, 0.4) is 0 Å². The van der Waals surface area contributed by atoms with Crippen molar-refractivity contribution in [1.82, 2.24) is 20.6 Å². The van der Waals surface area contributed by atoms with E-state index in [1.807, 2.05) is 24.3 Å². The number of pyridine rings is 2. The second-order valence-corrected chi connectivity index (χ2v) is 10.5. The lowest BCUT2D eigenvalue weighted by molar-refractivity contribution is -0.118. The van der Waals surface area contributed by atoms with E-state index >= 15 is 0 Å². The summed E-state index contributed by atoms with van der Waals surface area (Å²) in [6.45, 7) is 4.82. The van der Waals surface area contributed by atoms with E-state index in [9.17, 15) is 9.59 Å². The van der Waals surface area contributed by atoms with Crippen molar-refractivity contribution in [2.45, 2.75) is 51.0 Å². The molecule has 6 rings (SSSR count). The molecule has 0 bridgehead atoms. The number of fused-ring (bicyclic) bond motifs is 1. The Morgan fingerprint density at radius 3 is 2.93 bits per heavy atom. The van der Waals surface area contributed by atoms with Gasteiger partial charge in [0.1, 0.15) is 18.0 Å². The monoisotopic (exact) mass is 558 g/mol. The molecule has 3 aliphatic heterocycles. The van der Waals surface area contributed by atoms with Crippen LogP contribution in [-0.4, -0.2) is 66.5 Å². The van der Waals surface area contributed by atoms with Crippen LogP contribution in [0.4, 0.5) is 16.4 Å². The molecule has 3 atom stereocenters. The van der Waals surface area contributed by atoms with Crippen LogP contribution in [0.1, 0.15) is 31.7 Å². The van der Waals surface area contributed by atoms with E-state index in [-0.39, 0.29) is 24.7 Å². The molecule has 5 heterocycles. The van der Waals surface area contributed by atoms with E-state index in [1.54, 1.807) is 12.1 Å². The second kappa shape index (κ2) is 12.1. The average Bonchev–Trinajstić information content (AvgIpc) is 3.66. The number of amides is 2. The normalized spacial score (nSPS) is 20.7. The Kier molecular flexibility index (Phi) is 7.97. The maximum atomic E-state index is 12.5. The molecule has 3 N–H and O–H groups in total. The molecule has 11 nitrogen and oxygen atoms in total. The molecule has 2 aromatic heterocycles. The van der Waals surface area contributed by atoms with Gasteiger partial charge in [0.15, 0.2) is 18.2 Å². The number of benzene rings is 1. The maximum absolute atomic E-state index is 12.5. The Balaban J connectivity index is 0.995. The minimum absolute atomic E-state index is 0.0457. The molecule has 2 fully saturated rings. The first-order valence-electron chi connectivity index (χ1n) is 14.1. The number of hydrogen-bond acceptors (Lipinski definition) is 9. The van der Waals surface area contributed by atoms with Gasteiger partial charge in [-0.25, -0.2) is 14.8 Å². The van der Waals surface area contributed by atoms with Gasteiger partial charge >= 0.3 is 6.09 Å². The fraction of sp³-hybridized carbons (Fsp3) is 0.400. The predicted molar refractivity (Wildman–Crippen MR) is 153 cm³/mol. The first kappa shape index (κ1) is 27.0. The molecule has 41 heavy (non-hydrogen) atoms. The topological polar surface area (TPSA) is 127 Å². The average molecular weight is 559 g/mol. The van der Waals surface area contributed by atoms with E-state index in [4.69, 9.17) is 19.2 Å². The molecule has 214 valence electrons. The summed E-state index contributed by atoms with van der Waals surface area (Å²) in [6, 6.07) is 17.9. The van der Waals surface area contributed by atoms with E-state index in [2.05, 4.69) is 46.1 Å². The second-order valence-electron chi connectivity index (χ2n) is 10.5. The number of carbonyl (C=O) groups is 2. The van der Waals surface area contributed by atoms with Crippen molar-refractivity contribution in [2.24, 2.45) is 0 Å². The van der Waals surface area contributed by atoms with Crippen molar-refractivity contribution in [3.8, 4) is 22.9 Å². The Morgan fingerprint density at radius 2 is 2.05 bits per heavy atom. The van der Waals surface area contributed by atoms with Crippen molar-refractivity contribution in [1.29, 1.82) is 0 Å². The third-order valence-corrected chi connectivity index (χ3v) is 7.50. The molecule has 2 unspecified atom stereocenters. The van der Waals surface area contributed by atoms with E-state index < -0.39 is 6.09 Å². The van der Waals surface area contributed by atoms with Gasteiger partial charge in [-0.05, 0) is 69.1 Å². The van der Waals surface area contributed by atoms with Crippen molar-refractivity contribution >= 4 is 23.6 Å². The summed E-state index contributed by atoms with van der Waals surface area (Å²) in [5, 5.41) is 9.60. The molecule has 0 saturated carbocycles. The molecule has 1 aromatic carbocycles. The molecule has 0 aliphatic carbocycles. The van der Waals surface area contributed by atoms with Crippen LogP contribution in [0.25, 0.3) is 11.3 Å². The number of cyclic esters (lactones) is 1. The molecule has 3 aromatic rings. The minimum Gasteiger partial charge on any atom is -0.480 e. The van der Waals surface area contributed by atoms with Gasteiger partial charge in [0, 0.05) is 24.2 Å². The summed E-state index contributed by atoms with van der Waals surface area (Å²) in [7, 11) is 0. The maximum Gasteiger partial charge on any atom is 0.415 e. The molecular weight excluding hydrogens is 524 g/mol. The Morgan fingerprint density at radius 1 is 1.15 bits per heavy atom. The number of hydrogen-bond donors (Lipinski definition) is 3. The van der Waals surface area contributed by atoms with E-state index in [0.29, 0.717) is 55.4 Å². The highest BCUT2D eigenvalue weighted by Crippen LogP contribution is 2.30. The number of anilines is 2. The number of nitrogens with zero attached hydrogens (tertiary/aromatic N) is 3. The van der Waals surface area contributed by atoms with E-state index in [0.717, 1.165) is 29.8 Å². The summed E-state index contributed by atoms with van der Waals surface area (Å²) in [6.07, 6.45) is 2.31. The quantitative estimate of drug-likeness (QED) is 0.321. The van der Waals surface area contributed by atoms with E-state index in [1.165, 1.54) is 11.3 Å². The molecule has 0 radical (unpaired) electrons.